The Morgan fingerprint density at radius 1 is 1.41 bits per heavy atom. The quantitative estimate of drug-likeness (QED) is 0.762. The number of rotatable bonds is 2. The number of halogens is 4. The minimum Gasteiger partial charge on any atom is -0.308 e. The van der Waals surface area contributed by atoms with E-state index in [9.17, 15) is 9.18 Å². The van der Waals surface area contributed by atoms with Gasteiger partial charge in [-0.25, -0.2) is 4.39 Å². The number of hydrogen-bond acceptors (Lipinski definition) is 1. The number of hydrogen-bond donors (Lipinski definition) is 0. The summed E-state index contributed by atoms with van der Waals surface area (Å²) < 4.78 is 13.8. The maximum Gasteiger partial charge on any atom is 0.227 e. The van der Waals surface area contributed by atoms with Gasteiger partial charge in [0.2, 0.25) is 5.91 Å². The van der Waals surface area contributed by atoms with Gasteiger partial charge in [-0.15, -0.1) is 11.6 Å². The molecular weight excluding hydrogens is 287 g/mol. The molecule has 1 aliphatic rings. The summed E-state index contributed by atoms with van der Waals surface area (Å²) in [5, 5.41) is 0.343. The minimum atomic E-state index is -0.592. The molecule has 1 aromatic carbocycles. The van der Waals surface area contributed by atoms with E-state index in [2.05, 4.69) is 0 Å². The lowest BCUT2D eigenvalue weighted by Gasteiger charge is -2.18. The van der Waals surface area contributed by atoms with E-state index < -0.39 is 5.82 Å². The third kappa shape index (κ3) is 2.51. The fraction of sp³-hybridized carbons (Fsp3) is 0.364. The van der Waals surface area contributed by atoms with Crippen LogP contribution in [0.3, 0.4) is 0 Å². The molecule has 0 aliphatic carbocycles. The van der Waals surface area contributed by atoms with Gasteiger partial charge in [0, 0.05) is 23.9 Å². The lowest BCUT2D eigenvalue weighted by molar-refractivity contribution is -0.117. The van der Waals surface area contributed by atoms with Crippen molar-refractivity contribution in [2.24, 2.45) is 5.92 Å². The molecule has 0 saturated carbocycles. The molecule has 1 amide bonds. The van der Waals surface area contributed by atoms with E-state index in [0.717, 1.165) is 6.07 Å². The molecule has 0 spiro atoms. The smallest absolute Gasteiger partial charge is 0.227 e. The maximum atomic E-state index is 13.8. The zero-order valence-corrected chi connectivity index (χ0v) is 11.0. The van der Waals surface area contributed by atoms with Crippen LogP contribution >= 0.6 is 34.8 Å². The topological polar surface area (TPSA) is 20.3 Å². The summed E-state index contributed by atoms with van der Waals surface area (Å²) in [5.74, 6) is -0.352. The van der Waals surface area contributed by atoms with Crippen molar-refractivity contribution in [3.8, 4) is 0 Å². The fourth-order valence-electron chi connectivity index (χ4n) is 1.89. The molecule has 17 heavy (non-hydrogen) atoms. The van der Waals surface area contributed by atoms with Gasteiger partial charge in [-0.2, -0.15) is 0 Å². The maximum absolute atomic E-state index is 13.8. The van der Waals surface area contributed by atoms with Crippen molar-refractivity contribution in [3.63, 3.8) is 0 Å². The van der Waals surface area contributed by atoms with Crippen LogP contribution in [0.4, 0.5) is 10.1 Å². The van der Waals surface area contributed by atoms with E-state index in [1.54, 1.807) is 0 Å². The summed E-state index contributed by atoms with van der Waals surface area (Å²) >= 11 is 17.3. The van der Waals surface area contributed by atoms with Crippen LogP contribution in [0, 0.1) is 11.7 Å². The molecule has 92 valence electrons. The summed E-state index contributed by atoms with van der Waals surface area (Å²) in [6.45, 7) is 0.389. The number of benzene rings is 1. The van der Waals surface area contributed by atoms with E-state index >= 15 is 0 Å². The Morgan fingerprint density at radius 2 is 2.12 bits per heavy atom. The van der Waals surface area contributed by atoms with E-state index in [-0.39, 0.29) is 27.6 Å². The van der Waals surface area contributed by atoms with Crippen molar-refractivity contribution < 1.29 is 9.18 Å². The summed E-state index contributed by atoms with van der Waals surface area (Å²) in [6.07, 6.45) is 0.321. The molecule has 1 fully saturated rings. The summed E-state index contributed by atoms with van der Waals surface area (Å²) in [4.78, 5) is 13.1. The number of nitrogens with zero attached hydrogens (tertiary/aromatic N) is 1. The highest BCUT2D eigenvalue weighted by Gasteiger charge is 2.32. The molecule has 1 aliphatic heterocycles. The minimum absolute atomic E-state index is 0.0373. The highest BCUT2D eigenvalue weighted by Crippen LogP contribution is 2.35. The molecule has 1 unspecified atom stereocenters. The van der Waals surface area contributed by atoms with E-state index in [0.29, 0.717) is 18.8 Å². The Bertz CT molecular complexity index is 443. The Kier molecular flexibility index (Phi) is 3.81. The van der Waals surface area contributed by atoms with Gasteiger partial charge >= 0.3 is 0 Å². The van der Waals surface area contributed by atoms with Crippen LogP contribution in [-0.4, -0.2) is 18.3 Å². The molecular formula is C11H9Cl3FNO. The van der Waals surface area contributed by atoms with Crippen LogP contribution in [0.5, 0.6) is 0 Å². The molecule has 0 aromatic heterocycles. The van der Waals surface area contributed by atoms with Crippen molar-refractivity contribution in [2.45, 2.75) is 6.42 Å². The standard InChI is InChI=1S/C11H9Cl3FNO/c12-4-6-1-10(17)16(5-6)11-8(14)2-7(13)3-9(11)15/h2-3,6H,1,4-5H2. The van der Waals surface area contributed by atoms with Crippen molar-refractivity contribution in [1.29, 1.82) is 0 Å². The fourth-order valence-corrected chi connectivity index (χ4v) is 2.67. The van der Waals surface area contributed by atoms with Gasteiger partial charge in [0.05, 0.1) is 10.7 Å². The molecule has 6 heteroatoms. The molecule has 2 rings (SSSR count). The van der Waals surface area contributed by atoms with Crippen molar-refractivity contribution >= 4 is 46.4 Å². The predicted molar refractivity (Wildman–Crippen MR) is 67.6 cm³/mol. The Hall–Kier alpha value is -0.510. The summed E-state index contributed by atoms with van der Waals surface area (Å²) in [6, 6.07) is 2.56. The predicted octanol–water partition coefficient (Wildman–Crippen LogP) is 3.72. The molecule has 0 N–H and O–H groups in total. The normalized spacial score (nSPS) is 20.1. The summed E-state index contributed by atoms with van der Waals surface area (Å²) in [7, 11) is 0. The van der Waals surface area contributed by atoms with Crippen molar-refractivity contribution in [2.75, 3.05) is 17.3 Å². The first-order chi connectivity index (χ1) is 8.02. The van der Waals surface area contributed by atoms with E-state index in [4.69, 9.17) is 34.8 Å². The number of carbonyl (C=O) groups is 1. The molecule has 1 atom stereocenters. The van der Waals surface area contributed by atoms with E-state index in [1.165, 1.54) is 11.0 Å². The second-order valence-corrected chi connectivity index (χ2v) is 5.10. The molecule has 2 nitrogen and oxygen atoms in total. The highest BCUT2D eigenvalue weighted by atomic mass is 35.5. The number of alkyl halides is 1. The van der Waals surface area contributed by atoms with E-state index in [1.807, 2.05) is 0 Å². The zero-order chi connectivity index (χ0) is 12.6. The molecule has 1 saturated heterocycles. The monoisotopic (exact) mass is 295 g/mol. The first kappa shape index (κ1) is 12.9. The van der Waals surface area contributed by atoms with Crippen LogP contribution in [0.15, 0.2) is 12.1 Å². The second kappa shape index (κ2) is 5.01. The third-order valence-electron chi connectivity index (χ3n) is 2.67. The zero-order valence-electron chi connectivity index (χ0n) is 8.72. The van der Waals surface area contributed by atoms with Gasteiger partial charge in [0.25, 0.3) is 0 Å². The van der Waals surface area contributed by atoms with Crippen LogP contribution < -0.4 is 4.90 Å². The highest BCUT2D eigenvalue weighted by molar-refractivity contribution is 6.36. The van der Waals surface area contributed by atoms with Crippen LogP contribution in [-0.2, 0) is 4.79 Å². The van der Waals surface area contributed by atoms with Gasteiger partial charge in [0.1, 0.15) is 5.82 Å². The SMILES string of the molecule is O=C1CC(CCl)CN1c1c(F)cc(Cl)cc1Cl. The van der Waals surface area contributed by atoms with Crippen molar-refractivity contribution in [3.05, 3.63) is 28.0 Å². The average Bonchev–Trinajstić information content (AvgIpc) is 2.59. The first-order valence-corrected chi connectivity index (χ1v) is 6.33. The molecule has 0 radical (unpaired) electrons. The molecule has 0 bridgehead atoms. The molecule has 1 heterocycles. The Morgan fingerprint density at radius 3 is 2.65 bits per heavy atom. The summed E-state index contributed by atoms with van der Waals surface area (Å²) in [5.41, 5.74) is 0.0914. The van der Waals surface area contributed by atoms with Crippen LogP contribution in [0.25, 0.3) is 0 Å². The van der Waals surface area contributed by atoms with Gasteiger partial charge < -0.3 is 4.90 Å². The van der Waals surface area contributed by atoms with Crippen molar-refractivity contribution in [1.82, 2.24) is 0 Å². The van der Waals surface area contributed by atoms with Crippen LogP contribution in [0.2, 0.25) is 10.0 Å². The van der Waals surface area contributed by atoms with Crippen LogP contribution in [0.1, 0.15) is 6.42 Å². The Balaban J connectivity index is 2.38. The lowest BCUT2D eigenvalue weighted by atomic mass is 10.1. The number of carbonyl (C=O) groups excluding carboxylic acids is 1. The van der Waals surface area contributed by atoms with Gasteiger partial charge in [-0.05, 0) is 18.1 Å². The third-order valence-corrected chi connectivity index (χ3v) is 3.62. The number of amides is 1. The van der Waals surface area contributed by atoms with Gasteiger partial charge in [-0.3, -0.25) is 4.79 Å². The second-order valence-electron chi connectivity index (χ2n) is 3.95. The first-order valence-electron chi connectivity index (χ1n) is 5.03. The van der Waals surface area contributed by atoms with Gasteiger partial charge in [0.15, 0.2) is 0 Å². The lowest BCUT2D eigenvalue weighted by Crippen LogP contribution is -2.26. The molecule has 1 aromatic rings. The average molecular weight is 297 g/mol. The Labute approximate surface area is 113 Å². The van der Waals surface area contributed by atoms with Gasteiger partial charge in [-0.1, -0.05) is 23.2 Å². The largest absolute Gasteiger partial charge is 0.308 e. The number of anilines is 1.